The Morgan fingerprint density at radius 3 is 2.73 bits per heavy atom. The molecule has 0 bridgehead atoms. The number of carbonyl (C=O) groups excluding carboxylic acids is 2. The Labute approximate surface area is 149 Å². The number of aryl methyl sites for hydroxylation is 1. The highest BCUT2D eigenvalue weighted by Gasteiger charge is 2.44. The van der Waals surface area contributed by atoms with Gasteiger partial charge in [0.2, 0.25) is 5.91 Å². The second kappa shape index (κ2) is 6.29. The van der Waals surface area contributed by atoms with Gasteiger partial charge in [0.15, 0.2) is 0 Å². The molecule has 3 aromatic rings. The molecule has 1 heterocycles. The summed E-state index contributed by atoms with van der Waals surface area (Å²) in [6, 6.07) is 13.9. The molecule has 2 atom stereocenters. The predicted octanol–water partition coefficient (Wildman–Crippen LogP) is 2.88. The first-order chi connectivity index (χ1) is 12.5. The van der Waals surface area contributed by atoms with E-state index < -0.39 is 0 Å². The lowest BCUT2D eigenvalue weighted by molar-refractivity contribution is -0.123. The van der Waals surface area contributed by atoms with E-state index in [0.29, 0.717) is 12.0 Å². The lowest BCUT2D eigenvalue weighted by Gasteiger charge is -2.07. The predicted molar refractivity (Wildman–Crippen MR) is 95.8 cm³/mol. The van der Waals surface area contributed by atoms with Gasteiger partial charge in [0.25, 0.3) is 5.91 Å². The molecule has 5 nitrogen and oxygen atoms in total. The van der Waals surface area contributed by atoms with Crippen molar-refractivity contribution in [3.8, 4) is 0 Å². The molecule has 1 fully saturated rings. The summed E-state index contributed by atoms with van der Waals surface area (Å²) >= 11 is 0. The van der Waals surface area contributed by atoms with E-state index in [9.17, 15) is 14.0 Å². The van der Waals surface area contributed by atoms with E-state index in [-0.39, 0.29) is 29.5 Å². The second-order valence-corrected chi connectivity index (χ2v) is 6.62. The minimum atomic E-state index is -0.363. The number of aromatic nitrogens is 1. The fourth-order valence-electron chi connectivity index (χ4n) is 3.39. The zero-order chi connectivity index (χ0) is 18.3. The van der Waals surface area contributed by atoms with E-state index in [2.05, 4.69) is 10.9 Å². The molecule has 0 saturated heterocycles. The zero-order valence-corrected chi connectivity index (χ0v) is 14.2. The van der Waals surface area contributed by atoms with E-state index in [1.54, 1.807) is 12.3 Å². The Balaban J connectivity index is 1.40. The summed E-state index contributed by atoms with van der Waals surface area (Å²) in [6.07, 6.45) is 2.39. The summed E-state index contributed by atoms with van der Waals surface area (Å²) in [6.45, 7) is 0. The number of hydrogen-bond acceptors (Lipinski definition) is 2. The molecule has 1 aliphatic carbocycles. The second-order valence-electron chi connectivity index (χ2n) is 6.62. The maximum Gasteiger partial charge on any atom is 0.271 e. The van der Waals surface area contributed by atoms with Crippen LogP contribution in [0.2, 0.25) is 0 Å². The minimum Gasteiger partial charge on any atom is -0.350 e. The van der Waals surface area contributed by atoms with Crippen molar-refractivity contribution in [2.45, 2.75) is 12.3 Å². The topological polar surface area (TPSA) is 63.1 Å². The molecule has 0 radical (unpaired) electrons. The summed E-state index contributed by atoms with van der Waals surface area (Å²) in [5, 5.41) is 0.825. The van der Waals surface area contributed by atoms with E-state index in [0.717, 1.165) is 16.5 Å². The third-order valence-electron chi connectivity index (χ3n) is 4.84. The minimum absolute atomic E-state index is 0.000146. The number of para-hydroxylation sites is 1. The van der Waals surface area contributed by atoms with Crippen LogP contribution in [0.4, 0.5) is 4.39 Å². The average Bonchev–Trinajstić information content (AvgIpc) is 3.38. The van der Waals surface area contributed by atoms with Gasteiger partial charge < -0.3 is 4.57 Å². The number of rotatable bonds is 3. The van der Waals surface area contributed by atoms with Crippen LogP contribution in [0, 0.1) is 11.7 Å². The van der Waals surface area contributed by atoms with Gasteiger partial charge in [-0.15, -0.1) is 0 Å². The van der Waals surface area contributed by atoms with Crippen molar-refractivity contribution in [1.82, 2.24) is 15.4 Å². The summed E-state index contributed by atoms with van der Waals surface area (Å²) in [5.74, 6) is -1.17. The van der Waals surface area contributed by atoms with Crippen molar-refractivity contribution in [2.75, 3.05) is 0 Å². The molecule has 0 spiro atoms. The number of carbonyl (C=O) groups is 2. The normalized spacial score (nSPS) is 18.5. The van der Waals surface area contributed by atoms with Crippen LogP contribution < -0.4 is 10.9 Å². The summed E-state index contributed by atoms with van der Waals surface area (Å²) in [5.41, 5.74) is 7.23. The molecule has 0 unspecified atom stereocenters. The molecule has 2 N–H and O–H groups in total. The van der Waals surface area contributed by atoms with Crippen molar-refractivity contribution in [1.29, 1.82) is 0 Å². The Bertz CT molecular complexity index is 1010. The van der Waals surface area contributed by atoms with Gasteiger partial charge in [-0.1, -0.05) is 30.3 Å². The van der Waals surface area contributed by atoms with Crippen LogP contribution >= 0.6 is 0 Å². The molecule has 2 amide bonds. The molecule has 6 heteroatoms. The van der Waals surface area contributed by atoms with Gasteiger partial charge >= 0.3 is 0 Å². The van der Waals surface area contributed by atoms with E-state index in [1.807, 2.05) is 41.9 Å². The monoisotopic (exact) mass is 351 g/mol. The number of amides is 2. The number of nitrogens with one attached hydrogen (secondary N) is 2. The molecule has 2 aromatic carbocycles. The lowest BCUT2D eigenvalue weighted by atomic mass is 10.1. The van der Waals surface area contributed by atoms with Crippen LogP contribution in [0.1, 0.15) is 28.3 Å². The maximum atomic E-state index is 13.3. The fourth-order valence-corrected chi connectivity index (χ4v) is 3.39. The molecule has 1 saturated carbocycles. The smallest absolute Gasteiger partial charge is 0.271 e. The van der Waals surface area contributed by atoms with Gasteiger partial charge in [0.05, 0.1) is 5.56 Å². The number of hydrazine groups is 1. The van der Waals surface area contributed by atoms with Crippen LogP contribution in [-0.4, -0.2) is 16.4 Å². The molecular weight excluding hydrogens is 333 g/mol. The SMILES string of the molecule is Cn1cc(C(=O)NNC(=O)[C@H]2C[C@H]2c2cccc(F)c2)c2ccccc21. The summed E-state index contributed by atoms with van der Waals surface area (Å²) < 4.78 is 15.2. The van der Waals surface area contributed by atoms with E-state index in [4.69, 9.17) is 0 Å². The number of nitrogens with zero attached hydrogens (tertiary/aromatic N) is 1. The molecule has 0 aliphatic heterocycles. The van der Waals surface area contributed by atoms with Crippen molar-refractivity contribution < 1.29 is 14.0 Å². The number of fused-ring (bicyclic) bond motifs is 1. The number of hydrogen-bond donors (Lipinski definition) is 2. The lowest BCUT2D eigenvalue weighted by Crippen LogP contribution is -2.42. The summed E-state index contributed by atoms with van der Waals surface area (Å²) in [7, 11) is 1.87. The highest BCUT2D eigenvalue weighted by molar-refractivity contribution is 6.07. The molecule has 132 valence electrons. The van der Waals surface area contributed by atoms with Crippen molar-refractivity contribution in [2.24, 2.45) is 13.0 Å². The third-order valence-corrected chi connectivity index (χ3v) is 4.84. The average molecular weight is 351 g/mol. The Kier molecular flexibility index (Phi) is 3.95. The zero-order valence-electron chi connectivity index (χ0n) is 14.2. The van der Waals surface area contributed by atoms with Crippen molar-refractivity contribution in [3.05, 3.63) is 71.7 Å². The van der Waals surface area contributed by atoms with Crippen molar-refractivity contribution in [3.63, 3.8) is 0 Å². The number of halogens is 1. The molecule has 26 heavy (non-hydrogen) atoms. The summed E-state index contributed by atoms with van der Waals surface area (Å²) in [4.78, 5) is 24.7. The van der Waals surface area contributed by atoms with Crippen LogP contribution in [0.3, 0.4) is 0 Å². The van der Waals surface area contributed by atoms with E-state index >= 15 is 0 Å². The standard InChI is InChI=1S/C20H18FN3O2/c1-24-11-17(14-7-2-3-8-18(14)24)20(26)23-22-19(25)16-10-15(16)12-5-4-6-13(21)9-12/h2-9,11,15-16H,10H2,1H3,(H,22,25)(H,23,26)/t15-,16-/m0/s1. The quantitative estimate of drug-likeness (QED) is 0.713. The van der Waals surface area contributed by atoms with Crippen LogP contribution in [0.15, 0.2) is 54.7 Å². The number of benzene rings is 2. The van der Waals surface area contributed by atoms with Gasteiger partial charge in [0, 0.05) is 30.1 Å². The molecule has 1 aromatic heterocycles. The highest BCUT2D eigenvalue weighted by atomic mass is 19.1. The van der Waals surface area contributed by atoms with Gasteiger partial charge in [-0.25, -0.2) is 4.39 Å². The Morgan fingerprint density at radius 2 is 1.92 bits per heavy atom. The fraction of sp³-hybridized carbons (Fsp3) is 0.200. The van der Waals surface area contributed by atoms with Crippen LogP contribution in [0.25, 0.3) is 10.9 Å². The molecular formula is C20H18FN3O2. The first-order valence-corrected chi connectivity index (χ1v) is 8.44. The molecule has 4 rings (SSSR count). The highest BCUT2D eigenvalue weighted by Crippen LogP contribution is 2.47. The van der Waals surface area contributed by atoms with Gasteiger partial charge in [-0.3, -0.25) is 20.4 Å². The van der Waals surface area contributed by atoms with E-state index in [1.165, 1.54) is 12.1 Å². The first-order valence-electron chi connectivity index (χ1n) is 8.44. The Hall–Kier alpha value is -3.15. The Morgan fingerprint density at radius 1 is 1.12 bits per heavy atom. The largest absolute Gasteiger partial charge is 0.350 e. The molecule has 1 aliphatic rings. The van der Waals surface area contributed by atoms with Gasteiger partial charge in [0.1, 0.15) is 5.82 Å². The van der Waals surface area contributed by atoms with Gasteiger partial charge in [-0.05, 0) is 36.1 Å². The maximum absolute atomic E-state index is 13.3. The van der Waals surface area contributed by atoms with Gasteiger partial charge in [-0.2, -0.15) is 0 Å². The van der Waals surface area contributed by atoms with Crippen molar-refractivity contribution >= 4 is 22.7 Å². The van der Waals surface area contributed by atoms with Crippen LogP contribution in [-0.2, 0) is 11.8 Å². The third kappa shape index (κ3) is 2.94. The first kappa shape index (κ1) is 16.3. The van der Waals surface area contributed by atoms with Crippen LogP contribution in [0.5, 0.6) is 0 Å².